The number of benzene rings is 1. The van der Waals surface area contributed by atoms with E-state index in [9.17, 15) is 13.0 Å². The predicted octanol–water partition coefficient (Wildman–Crippen LogP) is 2.10. The van der Waals surface area contributed by atoms with E-state index >= 15 is 0 Å². The van der Waals surface area contributed by atoms with Gasteiger partial charge in [0, 0.05) is 12.2 Å². The smallest absolute Gasteiger partial charge is 0.144 e. The Hall–Kier alpha value is -1.83. The summed E-state index contributed by atoms with van der Waals surface area (Å²) in [4.78, 5) is 3.52. The molecule has 0 aliphatic carbocycles. The van der Waals surface area contributed by atoms with E-state index in [0.717, 1.165) is 12.1 Å². The molecule has 8 heteroatoms. The molecule has 0 bridgehead atoms. The zero-order valence-corrected chi connectivity index (χ0v) is 12.5. The molecular weight excluding hydrogens is 298 g/mol. The van der Waals surface area contributed by atoms with E-state index in [0.29, 0.717) is 18.3 Å². The molecule has 0 aliphatic rings. The third-order valence-corrected chi connectivity index (χ3v) is 4.11. The number of aromatic nitrogens is 3. The summed E-state index contributed by atoms with van der Waals surface area (Å²) >= 11 is 0. The van der Waals surface area contributed by atoms with Crippen molar-refractivity contribution < 1.29 is 13.0 Å². The molecule has 5 nitrogen and oxygen atoms in total. The first-order chi connectivity index (χ1) is 9.88. The average molecular weight is 314 g/mol. The Bertz CT molecular complexity index is 649. The fraction of sp³-hybridized carbons (Fsp3) is 0.385. The van der Waals surface area contributed by atoms with Gasteiger partial charge in [-0.15, -0.1) is 0 Å². The van der Waals surface area contributed by atoms with Crippen molar-refractivity contribution in [3.63, 3.8) is 0 Å². The average Bonchev–Trinajstić information content (AvgIpc) is 2.74. The van der Waals surface area contributed by atoms with Gasteiger partial charge < -0.3 is 5.73 Å². The van der Waals surface area contributed by atoms with E-state index in [2.05, 4.69) is 10.1 Å². The van der Waals surface area contributed by atoms with Crippen LogP contribution in [0.3, 0.4) is 0 Å². The van der Waals surface area contributed by atoms with Gasteiger partial charge in [0.05, 0.1) is 16.6 Å². The van der Waals surface area contributed by atoms with Crippen molar-refractivity contribution in [1.82, 2.24) is 14.8 Å². The lowest BCUT2D eigenvalue weighted by molar-refractivity contribution is 0.470. The first-order valence-electron chi connectivity index (χ1n) is 6.38. The summed E-state index contributed by atoms with van der Waals surface area (Å²) in [7, 11) is -1.90. The second kappa shape index (κ2) is 6.30. The number of rotatable bonds is 5. The van der Waals surface area contributed by atoms with Gasteiger partial charge >= 0.3 is 0 Å². The van der Waals surface area contributed by atoms with Crippen molar-refractivity contribution in [2.45, 2.75) is 31.0 Å². The highest BCUT2D eigenvalue weighted by molar-refractivity contribution is 7.84. The largest absolute Gasteiger partial charge is 0.399 e. The van der Waals surface area contributed by atoms with Gasteiger partial charge in [0.1, 0.15) is 28.7 Å². The van der Waals surface area contributed by atoms with E-state index in [4.69, 9.17) is 5.73 Å². The van der Waals surface area contributed by atoms with Crippen molar-refractivity contribution in [1.29, 1.82) is 0 Å². The van der Waals surface area contributed by atoms with E-state index in [1.165, 1.54) is 6.33 Å². The van der Waals surface area contributed by atoms with Gasteiger partial charge in [0.2, 0.25) is 0 Å². The van der Waals surface area contributed by atoms with E-state index in [1.807, 2.05) is 13.8 Å². The third kappa shape index (κ3) is 3.63. The predicted molar refractivity (Wildman–Crippen MR) is 75.7 cm³/mol. The molecule has 2 N–H and O–H groups in total. The Morgan fingerprint density at radius 1 is 1.33 bits per heavy atom. The van der Waals surface area contributed by atoms with Crippen LogP contribution in [0.25, 0.3) is 0 Å². The highest BCUT2D eigenvalue weighted by Crippen LogP contribution is 2.22. The van der Waals surface area contributed by atoms with Gasteiger partial charge in [-0.25, -0.2) is 18.4 Å². The molecule has 1 heterocycles. The van der Waals surface area contributed by atoms with Gasteiger partial charge in [-0.2, -0.15) is 5.10 Å². The molecule has 1 aromatic heterocycles. The SMILES string of the molecule is CC(C)Cn1ncnc1CS(=O)c1c(F)cc(N)cc1F. The fourth-order valence-electron chi connectivity index (χ4n) is 1.88. The summed E-state index contributed by atoms with van der Waals surface area (Å²) in [6, 6.07) is 1.91. The Morgan fingerprint density at radius 3 is 2.52 bits per heavy atom. The molecule has 0 saturated carbocycles. The fourth-order valence-corrected chi connectivity index (χ4v) is 3.04. The van der Waals surface area contributed by atoms with Crippen molar-refractivity contribution in [3.8, 4) is 0 Å². The number of nitrogens with zero attached hydrogens (tertiary/aromatic N) is 3. The lowest BCUT2D eigenvalue weighted by Crippen LogP contribution is -2.13. The lowest BCUT2D eigenvalue weighted by atomic mass is 10.2. The molecule has 2 rings (SSSR count). The van der Waals surface area contributed by atoms with Crippen LogP contribution in [-0.2, 0) is 23.1 Å². The van der Waals surface area contributed by atoms with E-state index in [1.54, 1.807) is 4.68 Å². The van der Waals surface area contributed by atoms with Gasteiger partial charge in [0.25, 0.3) is 0 Å². The molecule has 21 heavy (non-hydrogen) atoms. The summed E-state index contributed by atoms with van der Waals surface area (Å²) in [6.45, 7) is 4.60. The molecule has 0 spiro atoms. The van der Waals surface area contributed by atoms with Crippen LogP contribution in [0.1, 0.15) is 19.7 Å². The number of hydrogen-bond acceptors (Lipinski definition) is 4. The molecule has 1 unspecified atom stereocenters. The zero-order valence-electron chi connectivity index (χ0n) is 11.7. The zero-order chi connectivity index (χ0) is 15.6. The highest BCUT2D eigenvalue weighted by atomic mass is 32.2. The molecule has 1 aromatic carbocycles. The van der Waals surface area contributed by atoms with E-state index in [-0.39, 0.29) is 11.4 Å². The standard InChI is InChI=1S/C13H16F2N4OS/c1-8(2)5-19-12(17-7-18-19)6-21(20)13-10(14)3-9(16)4-11(13)15/h3-4,7-8H,5-6,16H2,1-2H3. The minimum absolute atomic E-state index is 0.0475. The topological polar surface area (TPSA) is 73.8 Å². The summed E-state index contributed by atoms with van der Waals surface area (Å²) in [5.74, 6) is -1.19. The second-order valence-electron chi connectivity index (χ2n) is 5.06. The maximum Gasteiger partial charge on any atom is 0.144 e. The van der Waals surface area contributed by atoms with Crippen molar-refractivity contribution in [3.05, 3.63) is 35.9 Å². The highest BCUT2D eigenvalue weighted by Gasteiger charge is 2.19. The quantitative estimate of drug-likeness (QED) is 0.858. The summed E-state index contributed by atoms with van der Waals surface area (Å²) in [5, 5.41) is 4.03. The van der Waals surface area contributed by atoms with Crippen LogP contribution in [0.15, 0.2) is 23.4 Å². The maximum absolute atomic E-state index is 13.7. The summed E-state index contributed by atoms with van der Waals surface area (Å²) < 4.78 is 41.3. The first kappa shape index (κ1) is 15.6. The number of nitrogens with two attached hydrogens (primary N) is 1. The minimum atomic E-state index is -1.90. The molecule has 114 valence electrons. The Labute approximate surface area is 123 Å². The van der Waals surface area contributed by atoms with Crippen LogP contribution in [0, 0.1) is 17.6 Å². The van der Waals surface area contributed by atoms with Crippen LogP contribution >= 0.6 is 0 Å². The van der Waals surface area contributed by atoms with Crippen molar-refractivity contribution in [2.24, 2.45) is 5.92 Å². The molecular formula is C13H16F2N4OS. The normalized spacial score (nSPS) is 12.8. The van der Waals surface area contributed by atoms with Crippen LogP contribution in [0.5, 0.6) is 0 Å². The number of nitrogen functional groups attached to an aromatic ring is 1. The van der Waals surface area contributed by atoms with Crippen LogP contribution in [0.2, 0.25) is 0 Å². The molecule has 0 amide bonds. The monoisotopic (exact) mass is 314 g/mol. The van der Waals surface area contributed by atoms with Gasteiger partial charge in [-0.1, -0.05) is 13.8 Å². The minimum Gasteiger partial charge on any atom is -0.399 e. The Kier molecular flexibility index (Phi) is 4.66. The molecule has 0 saturated heterocycles. The van der Waals surface area contributed by atoms with Gasteiger partial charge in [0.15, 0.2) is 0 Å². The second-order valence-corrected chi connectivity index (χ2v) is 6.44. The first-order valence-corrected chi connectivity index (χ1v) is 7.70. The number of anilines is 1. The van der Waals surface area contributed by atoms with Crippen LogP contribution < -0.4 is 5.73 Å². The Balaban J connectivity index is 2.25. The third-order valence-electron chi connectivity index (χ3n) is 2.74. The summed E-state index contributed by atoms with van der Waals surface area (Å²) in [6.07, 6.45) is 1.34. The number of hydrogen-bond donors (Lipinski definition) is 1. The summed E-state index contributed by atoms with van der Waals surface area (Å²) in [5.41, 5.74) is 5.29. The lowest BCUT2D eigenvalue weighted by Gasteiger charge is -2.09. The van der Waals surface area contributed by atoms with Gasteiger partial charge in [-0.3, -0.25) is 4.21 Å². The van der Waals surface area contributed by atoms with Crippen molar-refractivity contribution >= 4 is 16.5 Å². The molecule has 0 fully saturated rings. The maximum atomic E-state index is 13.7. The molecule has 0 radical (unpaired) electrons. The van der Waals surface area contributed by atoms with Gasteiger partial charge in [-0.05, 0) is 18.1 Å². The molecule has 2 aromatic rings. The Morgan fingerprint density at radius 2 is 1.95 bits per heavy atom. The van der Waals surface area contributed by atoms with Crippen LogP contribution in [0.4, 0.5) is 14.5 Å². The molecule has 0 aliphatic heterocycles. The number of halogens is 2. The van der Waals surface area contributed by atoms with Crippen LogP contribution in [-0.4, -0.2) is 19.0 Å². The van der Waals surface area contributed by atoms with E-state index < -0.39 is 27.3 Å². The molecule has 1 atom stereocenters. The van der Waals surface area contributed by atoms with Crippen molar-refractivity contribution in [2.75, 3.05) is 5.73 Å².